The van der Waals surface area contributed by atoms with Gasteiger partial charge in [-0.05, 0) is 67.3 Å². The first kappa shape index (κ1) is 26.2. The maximum Gasteiger partial charge on any atom is 0.253 e. The predicted octanol–water partition coefficient (Wildman–Crippen LogP) is 7.71. The number of para-hydroxylation sites is 2. The van der Waals surface area contributed by atoms with E-state index in [4.69, 9.17) is 4.98 Å². The molecule has 0 bridgehead atoms. The Labute approximate surface area is 244 Å². The van der Waals surface area contributed by atoms with Gasteiger partial charge < -0.3 is 14.0 Å². The van der Waals surface area contributed by atoms with Gasteiger partial charge in [0, 0.05) is 60.8 Å². The molecule has 1 aliphatic heterocycles. The third kappa shape index (κ3) is 4.77. The van der Waals surface area contributed by atoms with E-state index in [2.05, 4.69) is 58.7 Å². The highest BCUT2D eigenvalue weighted by Gasteiger charge is 2.28. The number of benzene rings is 4. The minimum Gasteiger partial charge on any atom is -0.350 e. The lowest BCUT2D eigenvalue weighted by Gasteiger charge is -2.32. The number of nitrogens with zero attached hydrogens (tertiary/aromatic N) is 4. The Morgan fingerprint density at radius 3 is 2.48 bits per heavy atom. The van der Waals surface area contributed by atoms with Gasteiger partial charge in [0.1, 0.15) is 11.6 Å². The molecule has 0 atom stereocenters. The largest absolute Gasteiger partial charge is 0.350 e. The van der Waals surface area contributed by atoms with Crippen LogP contribution in [0.5, 0.6) is 0 Å². The minimum absolute atomic E-state index is 0.0710. The van der Waals surface area contributed by atoms with Gasteiger partial charge in [0.25, 0.3) is 5.91 Å². The number of fused-ring (bicyclic) bond motifs is 2. The van der Waals surface area contributed by atoms with Crippen LogP contribution in [0.1, 0.15) is 46.1 Å². The van der Waals surface area contributed by atoms with Crippen LogP contribution >= 0.6 is 0 Å². The number of aromatic nitrogens is 3. The van der Waals surface area contributed by atoms with Crippen molar-refractivity contribution in [2.45, 2.75) is 32.2 Å². The highest BCUT2D eigenvalue weighted by Crippen LogP contribution is 2.34. The van der Waals surface area contributed by atoms with Crippen LogP contribution in [0.3, 0.4) is 0 Å². The van der Waals surface area contributed by atoms with Crippen molar-refractivity contribution in [3.63, 3.8) is 0 Å². The van der Waals surface area contributed by atoms with Gasteiger partial charge in [-0.2, -0.15) is 0 Å². The van der Waals surface area contributed by atoms with E-state index in [1.165, 1.54) is 22.8 Å². The molecule has 1 saturated heterocycles. The van der Waals surface area contributed by atoms with E-state index in [-0.39, 0.29) is 17.6 Å². The molecule has 2 aromatic heterocycles. The molecule has 0 saturated carbocycles. The lowest BCUT2D eigenvalue weighted by molar-refractivity contribution is 0.0710. The van der Waals surface area contributed by atoms with Crippen LogP contribution in [0, 0.1) is 12.7 Å². The molecule has 5 nitrogen and oxygen atoms in total. The third-order valence-corrected chi connectivity index (χ3v) is 8.66. The normalized spacial score (nSPS) is 14.2. The average molecular weight is 557 g/mol. The fraction of sp³-hybridized carbons (Fsp3) is 0.222. The van der Waals surface area contributed by atoms with Gasteiger partial charge in [0.15, 0.2) is 0 Å². The molecule has 0 unspecified atom stereocenters. The van der Waals surface area contributed by atoms with Crippen LogP contribution in [-0.4, -0.2) is 38.0 Å². The zero-order chi connectivity index (χ0) is 28.8. The smallest absolute Gasteiger partial charge is 0.253 e. The van der Waals surface area contributed by atoms with Crippen molar-refractivity contribution in [3.8, 4) is 11.1 Å². The maximum absolute atomic E-state index is 14.0. The van der Waals surface area contributed by atoms with Gasteiger partial charge in [0.05, 0.1) is 11.0 Å². The highest BCUT2D eigenvalue weighted by atomic mass is 19.1. The molecular weight excluding hydrogens is 523 g/mol. The summed E-state index contributed by atoms with van der Waals surface area (Å²) in [6, 6.07) is 29.5. The number of carbonyl (C=O) groups is 1. The molecule has 1 aliphatic rings. The van der Waals surface area contributed by atoms with Crippen molar-refractivity contribution >= 4 is 27.8 Å². The number of aryl methyl sites for hydroxylation is 2. The summed E-state index contributed by atoms with van der Waals surface area (Å²) in [5.41, 5.74) is 8.27. The Kier molecular flexibility index (Phi) is 6.62. The first-order chi connectivity index (χ1) is 20.4. The number of imidazole rings is 1. The number of hydrogen-bond donors (Lipinski definition) is 0. The Bertz CT molecular complexity index is 1930. The van der Waals surface area contributed by atoms with Gasteiger partial charge in [0.2, 0.25) is 0 Å². The van der Waals surface area contributed by atoms with Crippen LogP contribution in [0.15, 0.2) is 97.2 Å². The van der Waals surface area contributed by atoms with Gasteiger partial charge in [-0.3, -0.25) is 4.79 Å². The van der Waals surface area contributed by atoms with Crippen LogP contribution < -0.4 is 0 Å². The number of rotatable bonds is 5. The fourth-order valence-electron chi connectivity index (χ4n) is 6.39. The number of amides is 1. The molecule has 7 rings (SSSR count). The maximum atomic E-state index is 14.0. The van der Waals surface area contributed by atoms with E-state index < -0.39 is 0 Å². The molecule has 6 heteroatoms. The van der Waals surface area contributed by atoms with E-state index in [1.54, 1.807) is 12.1 Å². The SMILES string of the molecule is Cc1ccc(-c2cn(C)c3cc(C(=O)N4CCC(c5nc6ccccc6n5Cc5cccc(F)c5)CC4)ccc23)cc1. The molecule has 0 N–H and O–H groups in total. The molecule has 6 aromatic rings. The molecule has 0 radical (unpaired) electrons. The first-order valence-corrected chi connectivity index (χ1v) is 14.6. The standard InChI is InChI=1S/C36H33FN4O/c1-24-10-12-26(13-11-24)31-23-39(2)34-21-28(14-15-30(31)34)36(42)40-18-16-27(17-19-40)35-38-32-8-3-4-9-33(32)41(35)22-25-6-5-7-29(37)20-25/h3-15,20-21,23,27H,16-19,22H2,1-2H3. The lowest BCUT2D eigenvalue weighted by Crippen LogP contribution is -2.38. The number of likely N-dealkylation sites (tertiary alicyclic amines) is 1. The Morgan fingerprint density at radius 2 is 1.69 bits per heavy atom. The molecule has 42 heavy (non-hydrogen) atoms. The van der Waals surface area contributed by atoms with Gasteiger partial charge in [-0.15, -0.1) is 0 Å². The first-order valence-electron chi connectivity index (χ1n) is 14.6. The Balaban J connectivity index is 1.11. The number of piperidine rings is 1. The summed E-state index contributed by atoms with van der Waals surface area (Å²) in [6.07, 6.45) is 3.81. The molecule has 0 spiro atoms. The number of hydrogen-bond acceptors (Lipinski definition) is 2. The average Bonchev–Trinajstić information content (AvgIpc) is 3.54. The van der Waals surface area contributed by atoms with E-state index in [0.29, 0.717) is 19.6 Å². The van der Waals surface area contributed by atoms with E-state index >= 15 is 0 Å². The van der Waals surface area contributed by atoms with Crippen molar-refractivity contribution in [3.05, 3.63) is 126 Å². The van der Waals surface area contributed by atoms with Crippen molar-refractivity contribution in [1.82, 2.24) is 19.0 Å². The van der Waals surface area contributed by atoms with Crippen molar-refractivity contribution in [2.75, 3.05) is 13.1 Å². The fourth-order valence-corrected chi connectivity index (χ4v) is 6.39. The molecule has 210 valence electrons. The predicted molar refractivity (Wildman–Crippen MR) is 166 cm³/mol. The summed E-state index contributed by atoms with van der Waals surface area (Å²) in [4.78, 5) is 20.6. The minimum atomic E-state index is -0.231. The topological polar surface area (TPSA) is 43.1 Å². The Morgan fingerprint density at radius 1 is 0.905 bits per heavy atom. The van der Waals surface area contributed by atoms with Crippen LogP contribution in [0.4, 0.5) is 4.39 Å². The second-order valence-corrected chi connectivity index (χ2v) is 11.5. The van der Waals surface area contributed by atoms with Crippen LogP contribution in [0.25, 0.3) is 33.1 Å². The van der Waals surface area contributed by atoms with Crippen molar-refractivity contribution in [1.29, 1.82) is 0 Å². The summed E-state index contributed by atoms with van der Waals surface area (Å²) in [5.74, 6) is 1.08. The summed E-state index contributed by atoms with van der Waals surface area (Å²) in [7, 11) is 2.04. The summed E-state index contributed by atoms with van der Waals surface area (Å²) in [6.45, 7) is 4.00. The monoisotopic (exact) mass is 556 g/mol. The molecule has 1 amide bonds. The zero-order valence-electron chi connectivity index (χ0n) is 23.9. The van der Waals surface area contributed by atoms with Crippen molar-refractivity contribution < 1.29 is 9.18 Å². The number of carbonyl (C=O) groups excluding carboxylic acids is 1. The van der Waals surface area contributed by atoms with E-state index in [0.717, 1.165) is 51.7 Å². The molecular formula is C36H33FN4O. The highest BCUT2D eigenvalue weighted by molar-refractivity contribution is 6.02. The van der Waals surface area contributed by atoms with Crippen LogP contribution in [0.2, 0.25) is 0 Å². The summed E-state index contributed by atoms with van der Waals surface area (Å²) < 4.78 is 18.3. The van der Waals surface area contributed by atoms with Gasteiger partial charge >= 0.3 is 0 Å². The molecule has 0 aliphatic carbocycles. The second kappa shape index (κ2) is 10.6. The Hall–Kier alpha value is -4.71. The van der Waals surface area contributed by atoms with Crippen molar-refractivity contribution in [2.24, 2.45) is 7.05 Å². The van der Waals surface area contributed by atoms with Gasteiger partial charge in [-0.25, -0.2) is 9.37 Å². The quantitative estimate of drug-likeness (QED) is 0.218. The molecule has 1 fully saturated rings. The van der Waals surface area contributed by atoms with Gasteiger partial charge in [-0.1, -0.05) is 60.2 Å². The lowest BCUT2D eigenvalue weighted by atomic mass is 9.95. The summed E-state index contributed by atoms with van der Waals surface area (Å²) in [5, 5.41) is 1.15. The van der Waals surface area contributed by atoms with E-state index in [9.17, 15) is 9.18 Å². The second-order valence-electron chi connectivity index (χ2n) is 11.5. The van der Waals surface area contributed by atoms with Crippen LogP contribution in [-0.2, 0) is 13.6 Å². The summed E-state index contributed by atoms with van der Waals surface area (Å²) >= 11 is 0. The molecule has 4 aromatic carbocycles. The number of halogens is 1. The van der Waals surface area contributed by atoms with E-state index in [1.807, 2.05) is 48.3 Å². The third-order valence-electron chi connectivity index (χ3n) is 8.66. The zero-order valence-corrected chi connectivity index (χ0v) is 23.9. The molecule has 3 heterocycles.